The minimum Gasteiger partial charge on any atom is -0.359 e. The van der Waals surface area contributed by atoms with Crippen molar-refractivity contribution in [2.24, 2.45) is 4.99 Å². The third kappa shape index (κ3) is 9.27. The highest BCUT2D eigenvalue weighted by atomic mass is 15.2. The molecule has 0 atom stereocenters. The molecule has 0 bridgehead atoms. The summed E-state index contributed by atoms with van der Waals surface area (Å²) in [7, 11) is 3.60. The van der Waals surface area contributed by atoms with Crippen molar-refractivity contribution in [1.29, 1.82) is 0 Å². The lowest BCUT2D eigenvalue weighted by Gasteiger charge is -2.22. The van der Waals surface area contributed by atoms with Crippen molar-refractivity contribution in [1.82, 2.24) is 10.6 Å². The van der Waals surface area contributed by atoms with Crippen molar-refractivity contribution >= 4 is 5.96 Å². The summed E-state index contributed by atoms with van der Waals surface area (Å²) >= 11 is 0. The molecule has 0 heterocycles. The molecule has 0 aliphatic rings. The maximum absolute atomic E-state index is 3.99. The number of hydrogen-bond donors (Lipinski definition) is 2. The van der Waals surface area contributed by atoms with Crippen LogP contribution in [0.1, 0.15) is 34.6 Å². The molecular formula is C9H23N3. The molecule has 0 aromatic carbocycles. The van der Waals surface area contributed by atoms with Crippen molar-refractivity contribution in [3.05, 3.63) is 0 Å². The van der Waals surface area contributed by atoms with E-state index in [9.17, 15) is 0 Å². The Morgan fingerprint density at radius 3 is 1.67 bits per heavy atom. The normalized spacial score (nSPS) is 11.4. The highest BCUT2D eigenvalue weighted by molar-refractivity contribution is 5.79. The van der Waals surface area contributed by atoms with E-state index in [1.54, 1.807) is 7.05 Å². The molecule has 0 amide bonds. The van der Waals surface area contributed by atoms with Gasteiger partial charge in [-0.3, -0.25) is 4.99 Å². The van der Waals surface area contributed by atoms with Gasteiger partial charge < -0.3 is 10.6 Å². The number of nitrogens with zero attached hydrogens (tertiary/aromatic N) is 1. The third-order valence-corrected chi connectivity index (χ3v) is 0.954. The fourth-order valence-electron chi connectivity index (χ4n) is 0.585. The van der Waals surface area contributed by atoms with Gasteiger partial charge in [0.2, 0.25) is 0 Å². The lowest BCUT2D eigenvalue weighted by molar-refractivity contribution is 0.504. The second-order valence-electron chi connectivity index (χ2n) is 3.20. The largest absolute Gasteiger partial charge is 0.359 e. The second-order valence-corrected chi connectivity index (χ2v) is 3.20. The van der Waals surface area contributed by atoms with Gasteiger partial charge in [-0.05, 0) is 20.8 Å². The van der Waals surface area contributed by atoms with Gasteiger partial charge >= 0.3 is 0 Å². The molecule has 3 nitrogen and oxygen atoms in total. The predicted molar refractivity (Wildman–Crippen MR) is 56.7 cm³/mol. The molecule has 0 aliphatic heterocycles. The van der Waals surface area contributed by atoms with Gasteiger partial charge in [-0.2, -0.15) is 0 Å². The fraction of sp³-hybridized carbons (Fsp3) is 0.889. The molecule has 0 saturated carbocycles. The number of guanidine groups is 1. The maximum atomic E-state index is 3.99. The lowest BCUT2D eigenvalue weighted by atomic mass is 10.1. The van der Waals surface area contributed by atoms with Crippen LogP contribution in [0.2, 0.25) is 0 Å². The molecule has 0 aromatic rings. The topological polar surface area (TPSA) is 36.4 Å². The van der Waals surface area contributed by atoms with Crippen molar-refractivity contribution in [3.8, 4) is 0 Å². The molecule has 2 N–H and O–H groups in total. The van der Waals surface area contributed by atoms with E-state index in [-0.39, 0.29) is 5.54 Å². The van der Waals surface area contributed by atoms with Crippen LogP contribution in [-0.2, 0) is 0 Å². The molecule has 0 rings (SSSR count). The van der Waals surface area contributed by atoms with Crippen LogP contribution in [0.25, 0.3) is 0 Å². The molecule has 0 fully saturated rings. The highest BCUT2D eigenvalue weighted by Gasteiger charge is 2.09. The summed E-state index contributed by atoms with van der Waals surface area (Å²) in [5.41, 5.74) is 0.0812. The summed E-state index contributed by atoms with van der Waals surface area (Å²) in [4.78, 5) is 3.99. The Morgan fingerprint density at radius 2 is 1.58 bits per heavy atom. The zero-order valence-corrected chi connectivity index (χ0v) is 9.45. The van der Waals surface area contributed by atoms with Gasteiger partial charge in [0, 0.05) is 19.6 Å². The quantitative estimate of drug-likeness (QED) is 0.431. The van der Waals surface area contributed by atoms with Gasteiger partial charge in [-0.25, -0.2) is 0 Å². The van der Waals surface area contributed by atoms with Crippen LogP contribution in [0, 0.1) is 0 Å². The van der Waals surface area contributed by atoms with Crippen LogP contribution in [0.3, 0.4) is 0 Å². The van der Waals surface area contributed by atoms with Gasteiger partial charge in [-0.15, -0.1) is 0 Å². The monoisotopic (exact) mass is 173 g/mol. The van der Waals surface area contributed by atoms with Crippen molar-refractivity contribution in [2.45, 2.75) is 40.2 Å². The summed E-state index contributed by atoms with van der Waals surface area (Å²) in [5, 5.41) is 6.14. The minimum atomic E-state index is 0.0812. The summed E-state index contributed by atoms with van der Waals surface area (Å²) in [5.74, 6) is 0.826. The number of rotatable bonds is 0. The molecule has 74 valence electrons. The van der Waals surface area contributed by atoms with Crippen LogP contribution >= 0.6 is 0 Å². The zero-order valence-electron chi connectivity index (χ0n) is 9.45. The number of aliphatic imine (C=N–C) groups is 1. The summed E-state index contributed by atoms with van der Waals surface area (Å²) < 4.78 is 0. The van der Waals surface area contributed by atoms with Gasteiger partial charge in [0.1, 0.15) is 0 Å². The Bertz CT molecular complexity index is 122. The van der Waals surface area contributed by atoms with Gasteiger partial charge in [0.15, 0.2) is 5.96 Å². The first-order chi connectivity index (χ1) is 5.49. The average Bonchev–Trinajstić information content (AvgIpc) is 2.02. The summed E-state index contributed by atoms with van der Waals surface area (Å²) in [6.07, 6.45) is 0. The third-order valence-electron chi connectivity index (χ3n) is 0.954. The van der Waals surface area contributed by atoms with E-state index in [1.807, 2.05) is 20.9 Å². The van der Waals surface area contributed by atoms with E-state index >= 15 is 0 Å². The number of hydrogen-bond acceptors (Lipinski definition) is 1. The smallest absolute Gasteiger partial charge is 0.191 e. The minimum absolute atomic E-state index is 0.0812. The van der Waals surface area contributed by atoms with Crippen molar-refractivity contribution < 1.29 is 0 Å². The van der Waals surface area contributed by atoms with Crippen LogP contribution in [0.5, 0.6) is 0 Å². The maximum Gasteiger partial charge on any atom is 0.191 e. The molecule has 0 saturated heterocycles. The summed E-state index contributed by atoms with van der Waals surface area (Å²) in [6.45, 7) is 10.3. The summed E-state index contributed by atoms with van der Waals surface area (Å²) in [6, 6.07) is 0. The van der Waals surface area contributed by atoms with Crippen molar-refractivity contribution in [3.63, 3.8) is 0 Å². The van der Waals surface area contributed by atoms with E-state index in [1.165, 1.54) is 0 Å². The molecule has 12 heavy (non-hydrogen) atoms. The molecule has 0 aliphatic carbocycles. The Labute approximate surface area is 76.7 Å². The van der Waals surface area contributed by atoms with E-state index in [4.69, 9.17) is 0 Å². The standard InChI is InChI=1S/C7H17N3.C2H6/c1-7(2,3)10-6(8-4)9-5;1-2/h1-5H3,(H2,8,9,10);1-2H3. The Morgan fingerprint density at radius 1 is 1.17 bits per heavy atom. The predicted octanol–water partition coefficient (Wildman–Crippen LogP) is 1.61. The average molecular weight is 173 g/mol. The Kier molecular flexibility index (Phi) is 8.01. The molecule has 0 aromatic heterocycles. The molecule has 0 spiro atoms. The second kappa shape index (κ2) is 6.95. The molecule has 3 heteroatoms. The SMILES string of the molecule is CC.CN=C(NC)NC(C)(C)C. The Hall–Kier alpha value is -0.730. The fourth-order valence-corrected chi connectivity index (χ4v) is 0.585. The van der Waals surface area contributed by atoms with E-state index in [2.05, 4.69) is 36.4 Å². The highest BCUT2D eigenvalue weighted by Crippen LogP contribution is 1.96. The van der Waals surface area contributed by atoms with E-state index < -0.39 is 0 Å². The van der Waals surface area contributed by atoms with Crippen LogP contribution in [0.15, 0.2) is 4.99 Å². The van der Waals surface area contributed by atoms with E-state index in [0.717, 1.165) is 5.96 Å². The zero-order chi connectivity index (χ0) is 10.2. The van der Waals surface area contributed by atoms with Gasteiger partial charge in [-0.1, -0.05) is 13.8 Å². The molecular weight excluding hydrogens is 150 g/mol. The first-order valence-electron chi connectivity index (χ1n) is 4.42. The van der Waals surface area contributed by atoms with Crippen LogP contribution < -0.4 is 10.6 Å². The first-order valence-corrected chi connectivity index (χ1v) is 4.42. The lowest BCUT2D eigenvalue weighted by Crippen LogP contribution is -2.46. The molecule has 0 radical (unpaired) electrons. The van der Waals surface area contributed by atoms with Crippen LogP contribution in [0.4, 0.5) is 0 Å². The first kappa shape index (κ1) is 13.8. The Balaban J connectivity index is 0. The van der Waals surface area contributed by atoms with E-state index in [0.29, 0.717) is 0 Å². The van der Waals surface area contributed by atoms with Crippen LogP contribution in [-0.4, -0.2) is 25.6 Å². The number of nitrogens with one attached hydrogen (secondary N) is 2. The van der Waals surface area contributed by atoms with Crippen molar-refractivity contribution in [2.75, 3.05) is 14.1 Å². The van der Waals surface area contributed by atoms with Gasteiger partial charge in [0.25, 0.3) is 0 Å². The van der Waals surface area contributed by atoms with Gasteiger partial charge in [0.05, 0.1) is 0 Å². The molecule has 0 unspecified atom stereocenters.